The lowest BCUT2D eigenvalue weighted by Crippen LogP contribution is -2.14. The number of esters is 1. The van der Waals surface area contributed by atoms with E-state index < -0.39 is 0 Å². The summed E-state index contributed by atoms with van der Waals surface area (Å²) in [5.74, 6) is 1.15. The topological polar surface area (TPSA) is 101 Å². The molecule has 0 aliphatic heterocycles. The monoisotopic (exact) mass is 358 g/mol. The standard InChI is InChI=1S/C18H22N4O4/c1-4-5-6-26-14(23)9-22-16-12(7-11(24-2)8-13(16)25-3)15-17(19)20-10-21-18(15)22/h7-8,10H,4-6,9H2,1-3H3,(H2,19,20,21). The highest BCUT2D eigenvalue weighted by Crippen LogP contribution is 2.39. The highest BCUT2D eigenvalue weighted by molar-refractivity contribution is 6.13. The van der Waals surface area contributed by atoms with Crippen molar-refractivity contribution >= 4 is 33.7 Å². The van der Waals surface area contributed by atoms with Crippen molar-refractivity contribution in [3.8, 4) is 11.5 Å². The van der Waals surface area contributed by atoms with Crippen molar-refractivity contribution in [3.05, 3.63) is 18.5 Å². The van der Waals surface area contributed by atoms with Crippen molar-refractivity contribution in [1.29, 1.82) is 0 Å². The van der Waals surface area contributed by atoms with Crippen LogP contribution in [0.5, 0.6) is 11.5 Å². The fraction of sp³-hybridized carbons (Fsp3) is 0.389. The third-order valence-electron chi connectivity index (χ3n) is 4.20. The number of rotatable bonds is 7. The number of unbranched alkanes of at least 4 members (excludes halogenated alkanes) is 1. The smallest absolute Gasteiger partial charge is 0.326 e. The van der Waals surface area contributed by atoms with Crippen molar-refractivity contribution in [3.63, 3.8) is 0 Å². The van der Waals surface area contributed by atoms with Gasteiger partial charge in [-0.3, -0.25) is 4.79 Å². The number of nitrogens with zero attached hydrogens (tertiary/aromatic N) is 3. The zero-order chi connectivity index (χ0) is 18.7. The number of aromatic nitrogens is 3. The minimum Gasteiger partial charge on any atom is -0.497 e. The lowest BCUT2D eigenvalue weighted by molar-refractivity contribution is -0.144. The summed E-state index contributed by atoms with van der Waals surface area (Å²) < 4.78 is 17.9. The summed E-state index contributed by atoms with van der Waals surface area (Å²) in [6.07, 6.45) is 3.16. The van der Waals surface area contributed by atoms with Crippen LogP contribution >= 0.6 is 0 Å². The molecule has 26 heavy (non-hydrogen) atoms. The van der Waals surface area contributed by atoms with E-state index in [9.17, 15) is 4.79 Å². The van der Waals surface area contributed by atoms with Crippen molar-refractivity contribution in [2.24, 2.45) is 0 Å². The van der Waals surface area contributed by atoms with Gasteiger partial charge in [0.2, 0.25) is 0 Å². The molecule has 0 spiro atoms. The molecule has 0 radical (unpaired) electrons. The molecule has 0 saturated heterocycles. The summed E-state index contributed by atoms with van der Waals surface area (Å²) in [5.41, 5.74) is 7.33. The largest absolute Gasteiger partial charge is 0.497 e. The summed E-state index contributed by atoms with van der Waals surface area (Å²) in [6.45, 7) is 2.44. The Morgan fingerprint density at radius 2 is 2.04 bits per heavy atom. The van der Waals surface area contributed by atoms with E-state index in [1.54, 1.807) is 24.9 Å². The van der Waals surface area contributed by atoms with Gasteiger partial charge in [0.15, 0.2) is 0 Å². The van der Waals surface area contributed by atoms with Crippen molar-refractivity contribution in [2.45, 2.75) is 26.3 Å². The summed E-state index contributed by atoms with van der Waals surface area (Å²) in [5, 5.41) is 1.41. The van der Waals surface area contributed by atoms with Gasteiger partial charge in [-0.2, -0.15) is 0 Å². The summed E-state index contributed by atoms with van der Waals surface area (Å²) >= 11 is 0. The SMILES string of the molecule is CCCCOC(=O)Cn1c2ncnc(N)c2c2cc(OC)cc(OC)c21. The summed E-state index contributed by atoms with van der Waals surface area (Å²) in [4.78, 5) is 20.7. The first kappa shape index (κ1) is 17.8. The van der Waals surface area contributed by atoms with Crippen molar-refractivity contribution < 1.29 is 19.0 Å². The number of anilines is 1. The number of carbonyl (C=O) groups excluding carboxylic acids is 1. The molecule has 0 fully saturated rings. The first-order valence-electron chi connectivity index (χ1n) is 8.40. The van der Waals surface area contributed by atoms with Crippen LogP contribution in [-0.4, -0.2) is 41.3 Å². The van der Waals surface area contributed by atoms with Gasteiger partial charge in [0.05, 0.1) is 31.7 Å². The maximum absolute atomic E-state index is 12.3. The number of benzene rings is 1. The predicted octanol–water partition coefficient (Wildman–Crippen LogP) is 2.53. The molecule has 2 aromatic heterocycles. The Hall–Kier alpha value is -3.03. The molecule has 0 aliphatic carbocycles. The van der Waals surface area contributed by atoms with Gasteiger partial charge < -0.3 is 24.5 Å². The van der Waals surface area contributed by atoms with Gasteiger partial charge in [-0.25, -0.2) is 9.97 Å². The van der Waals surface area contributed by atoms with Crippen LogP contribution in [0.2, 0.25) is 0 Å². The van der Waals surface area contributed by atoms with Gasteiger partial charge in [0, 0.05) is 11.5 Å². The van der Waals surface area contributed by atoms with Gasteiger partial charge in [-0.15, -0.1) is 0 Å². The molecule has 8 heteroatoms. The van der Waals surface area contributed by atoms with E-state index in [4.69, 9.17) is 19.9 Å². The fourth-order valence-electron chi connectivity index (χ4n) is 2.94. The van der Waals surface area contributed by atoms with Crippen molar-refractivity contribution in [2.75, 3.05) is 26.6 Å². The zero-order valence-corrected chi connectivity index (χ0v) is 15.1. The Kier molecular flexibility index (Phi) is 5.11. The number of fused-ring (bicyclic) bond motifs is 3. The number of hydrogen-bond acceptors (Lipinski definition) is 7. The molecule has 0 saturated carbocycles. The second kappa shape index (κ2) is 7.47. The first-order valence-corrected chi connectivity index (χ1v) is 8.40. The molecular weight excluding hydrogens is 336 g/mol. The maximum Gasteiger partial charge on any atom is 0.326 e. The zero-order valence-electron chi connectivity index (χ0n) is 15.1. The lowest BCUT2D eigenvalue weighted by atomic mass is 10.2. The van der Waals surface area contributed by atoms with E-state index in [0.29, 0.717) is 40.5 Å². The van der Waals surface area contributed by atoms with Gasteiger partial charge in [-0.05, 0) is 12.5 Å². The van der Waals surface area contributed by atoms with E-state index in [1.165, 1.54) is 6.33 Å². The minimum absolute atomic E-state index is 0.00283. The van der Waals surface area contributed by atoms with Crippen molar-refractivity contribution in [1.82, 2.24) is 14.5 Å². The molecule has 3 rings (SSSR count). The highest BCUT2D eigenvalue weighted by atomic mass is 16.5. The minimum atomic E-state index is -0.340. The van der Waals surface area contributed by atoms with Crippen LogP contribution in [0.1, 0.15) is 19.8 Å². The molecule has 2 heterocycles. The number of carbonyl (C=O) groups is 1. The molecular formula is C18H22N4O4. The van der Waals surface area contributed by atoms with Crippen LogP contribution in [0.25, 0.3) is 21.9 Å². The number of ether oxygens (including phenoxy) is 3. The van der Waals surface area contributed by atoms with Gasteiger partial charge in [0.1, 0.15) is 35.8 Å². The number of nitrogen functional groups attached to an aromatic ring is 1. The van der Waals surface area contributed by atoms with Gasteiger partial charge in [-0.1, -0.05) is 13.3 Å². The number of hydrogen-bond donors (Lipinski definition) is 1. The van der Waals surface area contributed by atoms with Gasteiger partial charge in [0.25, 0.3) is 0 Å². The molecule has 0 atom stereocenters. The average molecular weight is 358 g/mol. The molecule has 2 N–H and O–H groups in total. The Morgan fingerprint density at radius 3 is 2.73 bits per heavy atom. The molecule has 0 unspecified atom stereocenters. The Balaban J connectivity index is 2.19. The van der Waals surface area contributed by atoms with Crippen LogP contribution in [0.15, 0.2) is 18.5 Å². The number of nitrogens with two attached hydrogens (primary N) is 1. The van der Waals surface area contributed by atoms with Crippen LogP contribution < -0.4 is 15.2 Å². The first-order chi connectivity index (χ1) is 12.6. The van der Waals surface area contributed by atoms with E-state index in [0.717, 1.165) is 18.2 Å². The fourth-order valence-corrected chi connectivity index (χ4v) is 2.94. The Labute approximate surface area is 150 Å². The summed E-state index contributed by atoms with van der Waals surface area (Å²) in [6, 6.07) is 3.59. The Morgan fingerprint density at radius 1 is 1.23 bits per heavy atom. The van der Waals surface area contributed by atoms with Crippen LogP contribution in [-0.2, 0) is 16.1 Å². The van der Waals surface area contributed by atoms with Crippen LogP contribution in [0.3, 0.4) is 0 Å². The molecule has 0 amide bonds. The Bertz CT molecular complexity index is 951. The third kappa shape index (κ3) is 3.10. The van der Waals surface area contributed by atoms with Gasteiger partial charge >= 0.3 is 5.97 Å². The second-order valence-electron chi connectivity index (χ2n) is 5.84. The lowest BCUT2D eigenvalue weighted by Gasteiger charge is -2.11. The molecule has 0 aliphatic rings. The van der Waals surface area contributed by atoms with E-state index in [2.05, 4.69) is 9.97 Å². The molecule has 0 bridgehead atoms. The summed E-state index contributed by atoms with van der Waals surface area (Å²) in [7, 11) is 3.13. The second-order valence-corrected chi connectivity index (χ2v) is 5.84. The molecule has 138 valence electrons. The predicted molar refractivity (Wildman–Crippen MR) is 98.4 cm³/mol. The third-order valence-corrected chi connectivity index (χ3v) is 4.20. The van der Waals surface area contributed by atoms with E-state index in [1.807, 2.05) is 13.0 Å². The molecule has 8 nitrogen and oxygen atoms in total. The maximum atomic E-state index is 12.3. The van der Waals surface area contributed by atoms with E-state index >= 15 is 0 Å². The quantitative estimate of drug-likeness (QED) is 0.511. The molecule has 3 aromatic rings. The normalized spacial score (nSPS) is 11.0. The van der Waals surface area contributed by atoms with Crippen LogP contribution in [0.4, 0.5) is 5.82 Å². The van der Waals surface area contributed by atoms with E-state index in [-0.39, 0.29) is 12.5 Å². The number of methoxy groups -OCH3 is 2. The van der Waals surface area contributed by atoms with Crippen LogP contribution in [0, 0.1) is 0 Å². The average Bonchev–Trinajstić information content (AvgIpc) is 2.96. The highest BCUT2D eigenvalue weighted by Gasteiger charge is 2.21. The molecule has 1 aromatic carbocycles.